The molecule has 2 nitrogen and oxygen atoms in total. The van der Waals surface area contributed by atoms with Gasteiger partial charge in [-0.25, -0.2) is 0 Å². The first kappa shape index (κ1) is 9.01. The van der Waals surface area contributed by atoms with E-state index < -0.39 is 0 Å². The third-order valence-corrected chi connectivity index (χ3v) is 2.67. The van der Waals surface area contributed by atoms with Gasteiger partial charge in [0.1, 0.15) is 0 Å². The number of nitrogens with zero attached hydrogens (tertiary/aromatic N) is 1. The molecule has 2 heteroatoms. The van der Waals surface area contributed by atoms with E-state index in [-0.39, 0.29) is 1.43 Å². The second-order valence-electron chi connectivity index (χ2n) is 3.69. The number of rotatable bonds is 2. The van der Waals surface area contributed by atoms with Crippen molar-refractivity contribution in [3.8, 4) is 0 Å². The van der Waals surface area contributed by atoms with Gasteiger partial charge in [0.15, 0.2) is 0 Å². The van der Waals surface area contributed by atoms with Crippen LogP contribution in [0.1, 0.15) is 28.1 Å². The zero-order chi connectivity index (χ0) is 8.27. The van der Waals surface area contributed by atoms with Crippen molar-refractivity contribution in [2.24, 2.45) is 0 Å². The third-order valence-electron chi connectivity index (χ3n) is 2.67. The second-order valence-corrected chi connectivity index (χ2v) is 3.69. The Bertz CT molecular complexity index is 109. The highest BCUT2D eigenvalue weighted by atomic mass is 15.2. The number of hydrogen-bond donors (Lipinski definition) is 1. The molecule has 0 aliphatic carbocycles. The lowest BCUT2D eigenvalue weighted by Gasteiger charge is -2.34. The van der Waals surface area contributed by atoms with Gasteiger partial charge < -0.3 is 10.2 Å². The van der Waals surface area contributed by atoms with E-state index >= 15 is 0 Å². The smallest absolute Gasteiger partial charge is 0.00884 e. The fourth-order valence-corrected chi connectivity index (χ4v) is 1.70. The summed E-state index contributed by atoms with van der Waals surface area (Å²) < 4.78 is 0. The molecule has 0 amide bonds. The molecule has 1 aliphatic rings. The van der Waals surface area contributed by atoms with E-state index in [9.17, 15) is 0 Å². The van der Waals surface area contributed by atoms with Crippen LogP contribution in [0, 0.1) is 0 Å². The van der Waals surface area contributed by atoms with Crippen LogP contribution >= 0.6 is 0 Å². The summed E-state index contributed by atoms with van der Waals surface area (Å²) in [4.78, 5) is 2.55. The fourth-order valence-electron chi connectivity index (χ4n) is 1.70. The number of likely N-dealkylation sites (tertiary alicyclic amines) is 1. The Labute approximate surface area is 71.4 Å². The van der Waals surface area contributed by atoms with Crippen molar-refractivity contribution in [1.29, 1.82) is 0 Å². The van der Waals surface area contributed by atoms with E-state index in [2.05, 4.69) is 31.1 Å². The normalized spacial score (nSPS) is 22.9. The molecule has 1 heterocycles. The van der Waals surface area contributed by atoms with E-state index in [1.807, 2.05) is 0 Å². The molecule has 0 radical (unpaired) electrons. The quantitative estimate of drug-likeness (QED) is 0.652. The molecular weight excluding hydrogens is 136 g/mol. The summed E-state index contributed by atoms with van der Waals surface area (Å²) in [7, 11) is 2.07. The standard InChI is InChI=1S/C9H20N2.H2/c1-8(2)11-6-4-9(10-3)5-7-11;/h8-10H,4-7H2,1-3H3;1H. The largest absolute Gasteiger partial charge is 0.317 e. The highest BCUT2D eigenvalue weighted by molar-refractivity contribution is 4.77. The van der Waals surface area contributed by atoms with E-state index in [1.165, 1.54) is 25.9 Å². The van der Waals surface area contributed by atoms with Gasteiger partial charge >= 0.3 is 0 Å². The molecule has 0 spiro atoms. The first-order valence-electron chi connectivity index (χ1n) is 4.65. The summed E-state index contributed by atoms with van der Waals surface area (Å²) in [5, 5.41) is 3.34. The van der Waals surface area contributed by atoms with Crippen molar-refractivity contribution in [2.75, 3.05) is 20.1 Å². The molecule has 1 fully saturated rings. The SMILES string of the molecule is CNC1CCN(C(C)C)CC1.[HH]. The molecule has 0 aromatic heterocycles. The average molecular weight is 158 g/mol. The summed E-state index contributed by atoms with van der Waals surface area (Å²) in [6, 6.07) is 1.50. The first-order valence-corrected chi connectivity index (χ1v) is 4.65. The monoisotopic (exact) mass is 158 g/mol. The Hall–Kier alpha value is -0.0800. The van der Waals surface area contributed by atoms with E-state index in [1.54, 1.807) is 0 Å². The Morgan fingerprint density at radius 1 is 1.36 bits per heavy atom. The van der Waals surface area contributed by atoms with Crippen molar-refractivity contribution in [3.05, 3.63) is 0 Å². The van der Waals surface area contributed by atoms with Crippen LogP contribution in [0.2, 0.25) is 0 Å². The first-order chi connectivity index (χ1) is 5.24. The molecule has 0 unspecified atom stereocenters. The number of piperidine rings is 1. The maximum atomic E-state index is 3.34. The lowest BCUT2D eigenvalue weighted by Crippen LogP contribution is -2.43. The number of nitrogens with one attached hydrogen (secondary N) is 1. The van der Waals surface area contributed by atoms with Crippen molar-refractivity contribution in [3.63, 3.8) is 0 Å². The van der Waals surface area contributed by atoms with Crippen molar-refractivity contribution < 1.29 is 1.43 Å². The van der Waals surface area contributed by atoms with Crippen LogP contribution in [-0.2, 0) is 0 Å². The Morgan fingerprint density at radius 3 is 2.27 bits per heavy atom. The van der Waals surface area contributed by atoms with Gasteiger partial charge in [-0.3, -0.25) is 0 Å². The highest BCUT2D eigenvalue weighted by Crippen LogP contribution is 2.11. The topological polar surface area (TPSA) is 15.3 Å². The number of hydrogen-bond acceptors (Lipinski definition) is 2. The fraction of sp³-hybridized carbons (Fsp3) is 1.00. The minimum atomic E-state index is 0. The Kier molecular flexibility index (Phi) is 3.34. The average Bonchev–Trinajstić information content (AvgIpc) is 2.05. The molecule has 1 rings (SSSR count). The summed E-state index contributed by atoms with van der Waals surface area (Å²) in [6.45, 7) is 7.09. The van der Waals surface area contributed by atoms with E-state index in [0.29, 0.717) is 0 Å². The second kappa shape index (κ2) is 4.07. The maximum Gasteiger partial charge on any atom is 0.00884 e. The van der Waals surface area contributed by atoms with Crippen molar-refractivity contribution in [2.45, 2.75) is 38.8 Å². The van der Waals surface area contributed by atoms with Gasteiger partial charge in [0, 0.05) is 13.5 Å². The van der Waals surface area contributed by atoms with Crippen LogP contribution in [0.3, 0.4) is 0 Å². The zero-order valence-corrected chi connectivity index (χ0v) is 7.93. The minimum Gasteiger partial charge on any atom is -0.317 e. The third kappa shape index (κ3) is 2.46. The molecule has 0 atom stereocenters. The lowest BCUT2D eigenvalue weighted by molar-refractivity contribution is 0.164. The summed E-state index contributed by atoms with van der Waals surface area (Å²) in [6.07, 6.45) is 2.63. The van der Waals surface area contributed by atoms with E-state index in [4.69, 9.17) is 0 Å². The molecule has 1 aliphatic heterocycles. The van der Waals surface area contributed by atoms with Gasteiger partial charge in [0.25, 0.3) is 0 Å². The molecule has 1 saturated heterocycles. The van der Waals surface area contributed by atoms with Gasteiger partial charge in [-0.2, -0.15) is 0 Å². The van der Waals surface area contributed by atoms with Crippen LogP contribution in [-0.4, -0.2) is 37.1 Å². The maximum absolute atomic E-state index is 3.34. The molecule has 0 bridgehead atoms. The van der Waals surface area contributed by atoms with E-state index in [0.717, 1.165) is 12.1 Å². The summed E-state index contributed by atoms with van der Waals surface area (Å²) in [5.41, 5.74) is 0. The molecule has 68 valence electrons. The predicted octanol–water partition coefficient (Wildman–Crippen LogP) is 1.32. The van der Waals surface area contributed by atoms with Gasteiger partial charge in [-0.05, 0) is 46.8 Å². The Balaban J connectivity index is 0.00000121. The van der Waals surface area contributed by atoms with Gasteiger partial charge in [0.05, 0.1) is 0 Å². The lowest BCUT2D eigenvalue weighted by atomic mass is 10.0. The van der Waals surface area contributed by atoms with Gasteiger partial charge in [-0.15, -0.1) is 0 Å². The summed E-state index contributed by atoms with van der Waals surface area (Å²) >= 11 is 0. The van der Waals surface area contributed by atoms with Crippen molar-refractivity contribution >= 4 is 0 Å². The van der Waals surface area contributed by atoms with Crippen LogP contribution < -0.4 is 5.32 Å². The molecule has 0 aromatic rings. The highest BCUT2D eigenvalue weighted by Gasteiger charge is 2.18. The molecular formula is C9H22N2. The predicted molar refractivity (Wildman–Crippen MR) is 50.9 cm³/mol. The zero-order valence-electron chi connectivity index (χ0n) is 7.93. The van der Waals surface area contributed by atoms with Crippen molar-refractivity contribution in [1.82, 2.24) is 10.2 Å². The minimum absolute atomic E-state index is 0. The van der Waals surface area contributed by atoms with Crippen LogP contribution in [0.25, 0.3) is 0 Å². The molecule has 11 heavy (non-hydrogen) atoms. The van der Waals surface area contributed by atoms with Gasteiger partial charge in [-0.1, -0.05) is 0 Å². The van der Waals surface area contributed by atoms with Crippen LogP contribution in [0.15, 0.2) is 0 Å². The van der Waals surface area contributed by atoms with Gasteiger partial charge in [0.2, 0.25) is 0 Å². The summed E-state index contributed by atoms with van der Waals surface area (Å²) in [5.74, 6) is 0. The molecule has 0 saturated carbocycles. The van der Waals surface area contributed by atoms with Crippen LogP contribution in [0.5, 0.6) is 0 Å². The Morgan fingerprint density at radius 2 is 1.91 bits per heavy atom. The molecule has 0 aromatic carbocycles. The molecule has 1 N–H and O–H groups in total. The van der Waals surface area contributed by atoms with Crippen LogP contribution in [0.4, 0.5) is 0 Å².